The third kappa shape index (κ3) is 2.70. The van der Waals surface area contributed by atoms with E-state index in [1.54, 1.807) is 6.07 Å². The van der Waals surface area contributed by atoms with Crippen molar-refractivity contribution >= 4 is 15.9 Å². The fourth-order valence-corrected chi connectivity index (χ4v) is 2.99. The van der Waals surface area contributed by atoms with Crippen LogP contribution in [0.25, 0.3) is 0 Å². The molecule has 0 bridgehead atoms. The van der Waals surface area contributed by atoms with Gasteiger partial charge in [0.1, 0.15) is 5.82 Å². The van der Waals surface area contributed by atoms with Crippen molar-refractivity contribution < 1.29 is 13.9 Å². The Morgan fingerprint density at radius 1 is 1.32 bits per heavy atom. The third-order valence-corrected chi connectivity index (χ3v) is 4.24. The van der Waals surface area contributed by atoms with E-state index in [-0.39, 0.29) is 12.6 Å². The molecule has 0 aliphatic carbocycles. The Morgan fingerprint density at radius 2 is 2.11 bits per heavy atom. The molecule has 2 heterocycles. The van der Waals surface area contributed by atoms with Gasteiger partial charge in [-0.1, -0.05) is 0 Å². The van der Waals surface area contributed by atoms with Crippen LogP contribution < -0.4 is 14.8 Å². The van der Waals surface area contributed by atoms with Gasteiger partial charge >= 0.3 is 0 Å². The maximum Gasteiger partial charge on any atom is 0.231 e. The highest BCUT2D eigenvalue weighted by Gasteiger charge is 2.23. The number of hydrogen-bond donors (Lipinski definition) is 1. The summed E-state index contributed by atoms with van der Waals surface area (Å²) in [6.45, 7) is 5.08. The SMILES string of the molecule is Fc1c(CCN2CCNCC2)cc2c(c1Br)OCO2. The molecule has 0 radical (unpaired) electrons. The summed E-state index contributed by atoms with van der Waals surface area (Å²) >= 11 is 3.24. The van der Waals surface area contributed by atoms with E-state index in [2.05, 4.69) is 26.1 Å². The lowest BCUT2D eigenvalue weighted by molar-refractivity contribution is 0.173. The summed E-state index contributed by atoms with van der Waals surface area (Å²) in [7, 11) is 0. The van der Waals surface area contributed by atoms with Gasteiger partial charge in [0.05, 0.1) is 4.47 Å². The second kappa shape index (κ2) is 5.64. The van der Waals surface area contributed by atoms with Gasteiger partial charge in [0.25, 0.3) is 0 Å². The van der Waals surface area contributed by atoms with Crippen LogP contribution in [0.5, 0.6) is 11.5 Å². The van der Waals surface area contributed by atoms with Crippen molar-refractivity contribution in [3.05, 3.63) is 21.9 Å². The highest BCUT2D eigenvalue weighted by atomic mass is 79.9. The van der Waals surface area contributed by atoms with Crippen LogP contribution in [0.2, 0.25) is 0 Å². The largest absolute Gasteiger partial charge is 0.454 e. The molecule has 3 rings (SSSR count). The number of halogens is 2. The Labute approximate surface area is 120 Å². The van der Waals surface area contributed by atoms with Gasteiger partial charge < -0.3 is 19.7 Å². The minimum Gasteiger partial charge on any atom is -0.454 e. The van der Waals surface area contributed by atoms with Gasteiger partial charge in [0, 0.05) is 32.7 Å². The fourth-order valence-electron chi connectivity index (χ4n) is 2.42. The quantitative estimate of drug-likeness (QED) is 0.915. The maximum absolute atomic E-state index is 14.2. The predicted molar refractivity (Wildman–Crippen MR) is 73.2 cm³/mol. The summed E-state index contributed by atoms with van der Waals surface area (Å²) in [6, 6.07) is 1.75. The number of rotatable bonds is 3. The van der Waals surface area contributed by atoms with E-state index in [0.717, 1.165) is 32.7 Å². The minimum absolute atomic E-state index is 0.161. The standard InChI is InChI=1S/C13H16BrFN2O2/c14-11-12(15)9(7-10-13(11)19-8-18-10)1-4-17-5-2-16-3-6-17/h7,16H,1-6,8H2. The minimum atomic E-state index is -0.237. The molecule has 0 unspecified atom stereocenters. The smallest absolute Gasteiger partial charge is 0.231 e. The number of nitrogens with zero attached hydrogens (tertiary/aromatic N) is 1. The third-order valence-electron chi connectivity index (χ3n) is 3.53. The molecule has 4 nitrogen and oxygen atoms in total. The normalized spacial score (nSPS) is 18.8. The summed E-state index contributed by atoms with van der Waals surface area (Å²) in [6.07, 6.45) is 0.682. The molecule has 2 aliphatic heterocycles. The maximum atomic E-state index is 14.2. The molecule has 19 heavy (non-hydrogen) atoms. The first-order valence-corrected chi connectivity index (χ1v) is 7.24. The van der Waals surface area contributed by atoms with Crippen LogP contribution in [0.4, 0.5) is 4.39 Å². The summed E-state index contributed by atoms with van der Waals surface area (Å²) in [5, 5.41) is 3.31. The molecule has 1 aromatic rings. The summed E-state index contributed by atoms with van der Waals surface area (Å²) in [5.74, 6) is 0.867. The van der Waals surface area contributed by atoms with Crippen molar-refractivity contribution in [2.24, 2.45) is 0 Å². The van der Waals surface area contributed by atoms with E-state index in [1.165, 1.54) is 0 Å². The molecular formula is C13H16BrFN2O2. The molecular weight excluding hydrogens is 315 g/mol. The van der Waals surface area contributed by atoms with Crippen LogP contribution in [0, 0.1) is 5.82 Å². The molecule has 0 amide bonds. The van der Waals surface area contributed by atoms with Crippen molar-refractivity contribution in [2.45, 2.75) is 6.42 Å². The predicted octanol–water partition coefficient (Wildman–Crippen LogP) is 1.76. The number of piperazine rings is 1. The van der Waals surface area contributed by atoms with Crippen molar-refractivity contribution in [1.29, 1.82) is 0 Å². The fraction of sp³-hybridized carbons (Fsp3) is 0.538. The van der Waals surface area contributed by atoms with Crippen LogP contribution >= 0.6 is 15.9 Å². The lowest BCUT2D eigenvalue weighted by atomic mass is 10.1. The molecule has 1 N–H and O–H groups in total. The van der Waals surface area contributed by atoms with Gasteiger partial charge in [0.2, 0.25) is 6.79 Å². The first-order chi connectivity index (χ1) is 9.25. The van der Waals surface area contributed by atoms with Crippen molar-refractivity contribution in [2.75, 3.05) is 39.5 Å². The van der Waals surface area contributed by atoms with E-state index in [9.17, 15) is 4.39 Å². The average Bonchev–Trinajstić information content (AvgIpc) is 2.91. The molecule has 0 aromatic heterocycles. The van der Waals surface area contributed by atoms with Crippen molar-refractivity contribution in [1.82, 2.24) is 10.2 Å². The summed E-state index contributed by atoms with van der Waals surface area (Å²) in [5.41, 5.74) is 0.676. The molecule has 6 heteroatoms. The van der Waals surface area contributed by atoms with E-state index < -0.39 is 0 Å². The van der Waals surface area contributed by atoms with Crippen LogP contribution in [-0.2, 0) is 6.42 Å². The van der Waals surface area contributed by atoms with Crippen LogP contribution in [0.15, 0.2) is 10.5 Å². The summed E-state index contributed by atoms with van der Waals surface area (Å²) in [4.78, 5) is 2.34. The first kappa shape index (κ1) is 13.1. The second-order valence-electron chi connectivity index (χ2n) is 4.74. The lowest BCUT2D eigenvalue weighted by Gasteiger charge is -2.27. The molecule has 1 aromatic carbocycles. The van der Waals surface area contributed by atoms with Crippen molar-refractivity contribution in [3.63, 3.8) is 0 Å². The number of nitrogens with one attached hydrogen (secondary N) is 1. The highest BCUT2D eigenvalue weighted by Crippen LogP contribution is 2.42. The Hall–Kier alpha value is -0.850. The van der Waals surface area contributed by atoms with E-state index in [1.807, 2.05) is 0 Å². The van der Waals surface area contributed by atoms with E-state index in [4.69, 9.17) is 9.47 Å². The number of hydrogen-bond acceptors (Lipinski definition) is 4. The van der Waals surface area contributed by atoms with Gasteiger partial charge in [-0.15, -0.1) is 0 Å². The number of ether oxygens (including phenoxy) is 2. The van der Waals surface area contributed by atoms with E-state index >= 15 is 0 Å². The summed E-state index contributed by atoms with van der Waals surface area (Å²) < 4.78 is 25.1. The van der Waals surface area contributed by atoms with Gasteiger partial charge in [0.15, 0.2) is 11.5 Å². The Morgan fingerprint density at radius 3 is 2.89 bits per heavy atom. The highest BCUT2D eigenvalue weighted by molar-refractivity contribution is 9.10. The number of fused-ring (bicyclic) bond motifs is 1. The van der Waals surface area contributed by atoms with Gasteiger partial charge in [-0.25, -0.2) is 4.39 Å². The van der Waals surface area contributed by atoms with Crippen LogP contribution in [-0.4, -0.2) is 44.4 Å². The van der Waals surface area contributed by atoms with Gasteiger partial charge in [-0.05, 0) is 34.0 Å². The van der Waals surface area contributed by atoms with Crippen LogP contribution in [0.1, 0.15) is 5.56 Å². The van der Waals surface area contributed by atoms with Crippen molar-refractivity contribution in [3.8, 4) is 11.5 Å². The Balaban J connectivity index is 1.72. The Kier molecular flexibility index (Phi) is 3.91. The molecule has 0 spiro atoms. The lowest BCUT2D eigenvalue weighted by Crippen LogP contribution is -2.44. The zero-order valence-electron chi connectivity index (χ0n) is 10.5. The van der Waals surface area contributed by atoms with Crippen LogP contribution in [0.3, 0.4) is 0 Å². The van der Waals surface area contributed by atoms with Gasteiger partial charge in [-0.3, -0.25) is 0 Å². The first-order valence-electron chi connectivity index (χ1n) is 6.45. The number of benzene rings is 1. The molecule has 0 atom stereocenters. The molecule has 1 fully saturated rings. The Bertz CT molecular complexity index is 478. The topological polar surface area (TPSA) is 33.7 Å². The van der Waals surface area contributed by atoms with E-state index in [0.29, 0.717) is 28.0 Å². The molecule has 104 valence electrons. The molecule has 2 aliphatic rings. The average molecular weight is 331 g/mol. The molecule has 0 saturated carbocycles. The van der Waals surface area contributed by atoms with Gasteiger partial charge in [-0.2, -0.15) is 0 Å². The monoisotopic (exact) mass is 330 g/mol. The zero-order chi connectivity index (χ0) is 13.2. The molecule has 1 saturated heterocycles. The second-order valence-corrected chi connectivity index (χ2v) is 5.53. The zero-order valence-corrected chi connectivity index (χ0v) is 12.1.